The lowest BCUT2D eigenvalue weighted by Gasteiger charge is -2.56. The Morgan fingerprint density at radius 1 is 1.30 bits per heavy atom. The summed E-state index contributed by atoms with van der Waals surface area (Å²) in [5.41, 5.74) is 2.67. The summed E-state index contributed by atoms with van der Waals surface area (Å²) in [4.78, 5) is 19.6. The van der Waals surface area contributed by atoms with E-state index in [1.54, 1.807) is 6.33 Å². The number of fused-ring (bicyclic) bond motifs is 4. The Morgan fingerprint density at radius 2 is 2.04 bits per heavy atom. The van der Waals surface area contributed by atoms with E-state index in [9.17, 15) is 4.79 Å². The lowest BCUT2D eigenvalue weighted by Crippen LogP contribution is -2.69. The van der Waals surface area contributed by atoms with Gasteiger partial charge < -0.3 is 9.88 Å². The van der Waals surface area contributed by atoms with Crippen LogP contribution in [-0.4, -0.2) is 45.0 Å². The fourth-order valence-electron chi connectivity index (χ4n) is 4.37. The highest BCUT2D eigenvalue weighted by molar-refractivity contribution is 5.97. The quantitative estimate of drug-likeness (QED) is 0.924. The molecule has 1 N–H and O–H groups in total. The Bertz CT molecular complexity index is 755. The van der Waals surface area contributed by atoms with E-state index in [1.807, 2.05) is 29.8 Å². The van der Waals surface area contributed by atoms with E-state index in [0.29, 0.717) is 11.5 Å². The normalized spacial score (nSPS) is 28.9. The van der Waals surface area contributed by atoms with Crippen LogP contribution in [0.5, 0.6) is 0 Å². The minimum absolute atomic E-state index is 0.0277. The van der Waals surface area contributed by atoms with E-state index in [0.717, 1.165) is 24.1 Å². The third kappa shape index (κ3) is 2.26. The summed E-state index contributed by atoms with van der Waals surface area (Å²) in [6, 6.07) is 5.96. The van der Waals surface area contributed by atoms with Gasteiger partial charge in [-0.05, 0) is 63.9 Å². The maximum atomic E-state index is 12.8. The molecule has 122 valence electrons. The van der Waals surface area contributed by atoms with Crippen LogP contribution in [-0.2, 0) is 7.05 Å². The average Bonchev–Trinajstić information content (AvgIpc) is 2.92. The van der Waals surface area contributed by atoms with E-state index >= 15 is 0 Å². The van der Waals surface area contributed by atoms with Crippen molar-refractivity contribution in [3.05, 3.63) is 30.1 Å². The minimum atomic E-state index is 0.0277. The van der Waals surface area contributed by atoms with Gasteiger partial charge >= 0.3 is 0 Å². The SMILES string of the molecule is Cn1cnc2ccc(C(=O)N[C@H]3C4CCN(CC4)C3(C)C)cc21. The summed E-state index contributed by atoms with van der Waals surface area (Å²) < 4.78 is 1.95. The van der Waals surface area contributed by atoms with Gasteiger partial charge in [0.25, 0.3) is 5.91 Å². The molecule has 1 aromatic heterocycles. The maximum absolute atomic E-state index is 12.8. The van der Waals surface area contributed by atoms with Crippen molar-refractivity contribution in [2.75, 3.05) is 13.1 Å². The molecule has 3 saturated heterocycles. The zero-order valence-corrected chi connectivity index (χ0v) is 14.0. The number of amides is 1. The van der Waals surface area contributed by atoms with Crippen LogP contribution < -0.4 is 5.32 Å². The van der Waals surface area contributed by atoms with Gasteiger partial charge in [0.2, 0.25) is 0 Å². The fourth-order valence-corrected chi connectivity index (χ4v) is 4.37. The van der Waals surface area contributed by atoms with Crippen molar-refractivity contribution < 1.29 is 4.79 Å². The second kappa shape index (κ2) is 5.06. The molecule has 0 spiro atoms. The zero-order valence-electron chi connectivity index (χ0n) is 14.0. The molecular formula is C18H24N4O. The topological polar surface area (TPSA) is 50.2 Å². The Labute approximate surface area is 136 Å². The van der Waals surface area contributed by atoms with Crippen LogP contribution in [0.2, 0.25) is 0 Å². The van der Waals surface area contributed by atoms with Gasteiger partial charge in [0.15, 0.2) is 0 Å². The molecule has 2 bridgehead atoms. The van der Waals surface area contributed by atoms with Crippen molar-refractivity contribution in [2.45, 2.75) is 38.3 Å². The Balaban J connectivity index is 1.60. The van der Waals surface area contributed by atoms with Crippen LogP contribution >= 0.6 is 0 Å². The van der Waals surface area contributed by atoms with Crippen LogP contribution in [0.1, 0.15) is 37.0 Å². The lowest BCUT2D eigenvalue weighted by molar-refractivity contribution is -0.0378. The predicted molar refractivity (Wildman–Crippen MR) is 90.3 cm³/mol. The summed E-state index contributed by atoms with van der Waals surface area (Å²) in [6.45, 7) is 6.83. The van der Waals surface area contributed by atoms with Gasteiger partial charge in [-0.25, -0.2) is 4.98 Å². The molecule has 0 saturated carbocycles. The molecule has 3 aliphatic heterocycles. The largest absolute Gasteiger partial charge is 0.347 e. The molecule has 1 amide bonds. The van der Waals surface area contributed by atoms with Crippen LogP contribution in [0.25, 0.3) is 11.0 Å². The molecule has 5 heteroatoms. The second-order valence-electron chi connectivity index (χ2n) is 7.49. The highest BCUT2D eigenvalue weighted by Gasteiger charge is 2.48. The fraction of sp³-hybridized carbons (Fsp3) is 0.556. The predicted octanol–water partition coefficient (Wildman–Crippen LogP) is 2.18. The minimum Gasteiger partial charge on any atom is -0.347 e. The first kappa shape index (κ1) is 14.7. The number of nitrogens with one attached hydrogen (secondary N) is 1. The third-order valence-electron chi connectivity index (χ3n) is 5.86. The molecule has 2 aromatic rings. The zero-order chi connectivity index (χ0) is 16.2. The van der Waals surface area contributed by atoms with Crippen molar-refractivity contribution in [2.24, 2.45) is 13.0 Å². The maximum Gasteiger partial charge on any atom is 0.251 e. The van der Waals surface area contributed by atoms with Crippen molar-refractivity contribution in [3.63, 3.8) is 0 Å². The van der Waals surface area contributed by atoms with E-state index < -0.39 is 0 Å². The van der Waals surface area contributed by atoms with E-state index in [4.69, 9.17) is 0 Å². The first-order valence-electron chi connectivity index (χ1n) is 8.44. The number of hydrogen-bond acceptors (Lipinski definition) is 3. The van der Waals surface area contributed by atoms with E-state index in [2.05, 4.69) is 29.0 Å². The standard InChI is InChI=1S/C18H24N4O/c1-18(2)16(12-6-8-22(18)9-7-12)20-17(23)13-4-5-14-15(10-13)21(3)11-19-14/h4-5,10-12,16H,6-9H2,1-3H3,(H,20,23)/t16-/m0/s1. The molecule has 5 rings (SSSR count). The number of rotatable bonds is 2. The summed E-state index contributed by atoms with van der Waals surface area (Å²) >= 11 is 0. The third-order valence-corrected chi connectivity index (χ3v) is 5.86. The number of hydrogen-bond donors (Lipinski definition) is 1. The molecule has 0 unspecified atom stereocenters. The first-order valence-corrected chi connectivity index (χ1v) is 8.44. The first-order chi connectivity index (χ1) is 11.0. The van der Waals surface area contributed by atoms with E-state index in [1.165, 1.54) is 12.8 Å². The Hall–Kier alpha value is -1.88. The van der Waals surface area contributed by atoms with Gasteiger partial charge in [0, 0.05) is 24.2 Å². The molecule has 5 nitrogen and oxygen atoms in total. The summed E-state index contributed by atoms with van der Waals surface area (Å²) in [5.74, 6) is 0.624. The Kier molecular flexibility index (Phi) is 3.23. The molecule has 0 radical (unpaired) electrons. The van der Waals surface area contributed by atoms with Gasteiger partial charge in [0.1, 0.15) is 0 Å². The monoisotopic (exact) mass is 312 g/mol. The van der Waals surface area contributed by atoms with Crippen LogP contribution in [0.15, 0.2) is 24.5 Å². The van der Waals surface area contributed by atoms with Gasteiger partial charge in [-0.3, -0.25) is 9.69 Å². The summed E-state index contributed by atoms with van der Waals surface area (Å²) in [5, 5.41) is 3.32. The molecule has 23 heavy (non-hydrogen) atoms. The van der Waals surface area contributed by atoms with Gasteiger partial charge in [-0.2, -0.15) is 0 Å². The van der Waals surface area contributed by atoms with Gasteiger partial charge in [0.05, 0.1) is 17.4 Å². The molecule has 1 atom stereocenters. The molecule has 1 aromatic carbocycles. The van der Waals surface area contributed by atoms with E-state index in [-0.39, 0.29) is 17.5 Å². The number of aryl methyl sites for hydroxylation is 1. The summed E-state index contributed by atoms with van der Waals surface area (Å²) in [6.07, 6.45) is 4.16. The molecule has 3 aliphatic rings. The lowest BCUT2D eigenvalue weighted by atomic mass is 9.72. The van der Waals surface area contributed by atoms with Crippen molar-refractivity contribution in [1.82, 2.24) is 19.8 Å². The number of aromatic nitrogens is 2. The van der Waals surface area contributed by atoms with Gasteiger partial charge in [-0.15, -0.1) is 0 Å². The Morgan fingerprint density at radius 3 is 2.74 bits per heavy atom. The van der Waals surface area contributed by atoms with Crippen LogP contribution in [0.4, 0.5) is 0 Å². The highest BCUT2D eigenvalue weighted by atomic mass is 16.1. The van der Waals surface area contributed by atoms with Crippen molar-refractivity contribution >= 4 is 16.9 Å². The smallest absolute Gasteiger partial charge is 0.251 e. The second-order valence-corrected chi connectivity index (χ2v) is 7.49. The molecule has 4 heterocycles. The van der Waals surface area contributed by atoms with Crippen LogP contribution in [0.3, 0.4) is 0 Å². The van der Waals surface area contributed by atoms with Gasteiger partial charge in [-0.1, -0.05) is 0 Å². The number of benzene rings is 1. The highest BCUT2D eigenvalue weighted by Crippen LogP contribution is 2.39. The number of nitrogens with zero attached hydrogens (tertiary/aromatic N) is 3. The molecule has 0 aliphatic carbocycles. The number of imidazole rings is 1. The number of piperidine rings is 3. The van der Waals surface area contributed by atoms with Crippen molar-refractivity contribution in [3.8, 4) is 0 Å². The van der Waals surface area contributed by atoms with Crippen LogP contribution in [0, 0.1) is 5.92 Å². The summed E-state index contributed by atoms with van der Waals surface area (Å²) in [7, 11) is 1.95. The number of carbonyl (C=O) groups excluding carboxylic acids is 1. The van der Waals surface area contributed by atoms with Crippen molar-refractivity contribution in [1.29, 1.82) is 0 Å². The molecule has 3 fully saturated rings. The average molecular weight is 312 g/mol. The number of carbonyl (C=O) groups is 1. The molecular weight excluding hydrogens is 288 g/mol.